The van der Waals surface area contributed by atoms with E-state index in [2.05, 4.69) is 5.32 Å². The molecule has 4 rings (SSSR count). The van der Waals surface area contributed by atoms with Crippen LogP contribution in [-0.2, 0) is 11.2 Å². The van der Waals surface area contributed by atoms with Crippen LogP contribution in [0, 0.1) is 30.3 Å². The topological polar surface area (TPSA) is 46.2 Å². The lowest BCUT2D eigenvalue weighted by atomic mass is 9.98. The van der Waals surface area contributed by atoms with E-state index in [1.165, 1.54) is 49.4 Å². The van der Waals surface area contributed by atoms with Crippen molar-refractivity contribution >= 4 is 52.2 Å². The summed E-state index contributed by atoms with van der Waals surface area (Å²) in [6.07, 6.45) is -0.0690. The highest BCUT2D eigenvalue weighted by Gasteiger charge is 2.67. The molecule has 3 aromatic carbocycles. The molecule has 1 N–H and O–H groups in total. The van der Waals surface area contributed by atoms with Crippen LogP contribution in [0.3, 0.4) is 0 Å². The standard InChI is InChI=1S/C25H17Cl3F3NO2/c1-12-17(21(33)8-13-2-5-15(29)6-3-13)10-16(11-20(12)31)32-24(34)23-22(25(23,27)28)14-4-7-19(30)18(26)9-14/h2-7,9-11,22-23H,8H2,1H3,(H,32,34). The molecule has 1 saturated carbocycles. The minimum Gasteiger partial charge on any atom is -0.326 e. The van der Waals surface area contributed by atoms with E-state index in [1.54, 1.807) is 0 Å². The van der Waals surface area contributed by atoms with Crippen LogP contribution in [0.1, 0.15) is 33.0 Å². The molecular weight excluding hydrogens is 510 g/mol. The van der Waals surface area contributed by atoms with Crippen LogP contribution in [-0.4, -0.2) is 16.0 Å². The third kappa shape index (κ3) is 4.81. The number of hydrogen-bond donors (Lipinski definition) is 1. The number of anilines is 1. The van der Waals surface area contributed by atoms with Gasteiger partial charge in [-0.3, -0.25) is 9.59 Å². The van der Waals surface area contributed by atoms with E-state index in [0.717, 1.165) is 12.1 Å². The van der Waals surface area contributed by atoms with Crippen LogP contribution < -0.4 is 5.32 Å². The van der Waals surface area contributed by atoms with Gasteiger partial charge in [-0.25, -0.2) is 13.2 Å². The van der Waals surface area contributed by atoms with Crippen molar-refractivity contribution in [2.75, 3.05) is 5.32 Å². The summed E-state index contributed by atoms with van der Waals surface area (Å²) in [4.78, 5) is 25.7. The van der Waals surface area contributed by atoms with Crippen molar-refractivity contribution in [3.05, 3.63) is 99.3 Å². The van der Waals surface area contributed by atoms with E-state index in [-0.39, 0.29) is 28.3 Å². The van der Waals surface area contributed by atoms with Crippen molar-refractivity contribution in [3.8, 4) is 0 Å². The summed E-state index contributed by atoms with van der Waals surface area (Å²) in [6, 6.07) is 11.8. The van der Waals surface area contributed by atoms with Gasteiger partial charge in [0.25, 0.3) is 0 Å². The Balaban J connectivity index is 1.54. The van der Waals surface area contributed by atoms with Crippen LogP contribution in [0.5, 0.6) is 0 Å². The zero-order valence-corrected chi connectivity index (χ0v) is 19.9. The average molecular weight is 527 g/mol. The van der Waals surface area contributed by atoms with Crippen molar-refractivity contribution < 1.29 is 22.8 Å². The lowest BCUT2D eigenvalue weighted by Gasteiger charge is -2.11. The Morgan fingerprint density at radius 1 is 0.971 bits per heavy atom. The first kappa shape index (κ1) is 24.6. The number of nitrogens with one attached hydrogen (secondary N) is 1. The van der Waals surface area contributed by atoms with Gasteiger partial charge in [0.1, 0.15) is 21.8 Å². The number of rotatable bonds is 6. The summed E-state index contributed by atoms with van der Waals surface area (Å²) in [6.45, 7) is 1.45. The molecule has 0 aliphatic heterocycles. The second-order valence-corrected chi connectivity index (χ2v) is 10.0. The number of amides is 1. The fraction of sp³-hybridized carbons (Fsp3) is 0.200. The van der Waals surface area contributed by atoms with Gasteiger partial charge in [0, 0.05) is 23.6 Å². The lowest BCUT2D eigenvalue weighted by molar-refractivity contribution is -0.117. The highest BCUT2D eigenvalue weighted by atomic mass is 35.5. The molecule has 3 nitrogen and oxygen atoms in total. The highest BCUT2D eigenvalue weighted by molar-refractivity contribution is 6.53. The Bertz CT molecular complexity index is 1300. The third-order valence-corrected chi connectivity index (χ3v) is 7.06. The maximum absolute atomic E-state index is 14.6. The SMILES string of the molecule is Cc1c(F)cc(NC(=O)C2C(c3ccc(F)c(Cl)c3)C2(Cl)Cl)cc1C(=O)Cc1ccc(F)cc1. The predicted molar refractivity (Wildman–Crippen MR) is 126 cm³/mol. The minimum atomic E-state index is -1.46. The number of halogens is 6. The second kappa shape index (κ2) is 9.25. The molecule has 2 atom stereocenters. The molecule has 0 aromatic heterocycles. The zero-order chi connectivity index (χ0) is 24.8. The van der Waals surface area contributed by atoms with E-state index in [4.69, 9.17) is 34.8 Å². The van der Waals surface area contributed by atoms with Gasteiger partial charge >= 0.3 is 0 Å². The summed E-state index contributed by atoms with van der Waals surface area (Å²) in [5.41, 5.74) is 1.32. The Hall–Kier alpha value is -2.54. The largest absolute Gasteiger partial charge is 0.326 e. The fourth-order valence-electron chi connectivity index (χ4n) is 3.92. The molecule has 0 spiro atoms. The molecule has 1 fully saturated rings. The summed E-state index contributed by atoms with van der Waals surface area (Å²) in [5, 5.41) is 2.44. The molecule has 1 amide bonds. The number of benzene rings is 3. The van der Waals surface area contributed by atoms with Gasteiger partial charge < -0.3 is 5.32 Å². The molecular formula is C25H17Cl3F3NO2. The maximum Gasteiger partial charge on any atom is 0.231 e. The van der Waals surface area contributed by atoms with Gasteiger partial charge in [-0.1, -0.05) is 29.8 Å². The summed E-state index contributed by atoms with van der Waals surface area (Å²) < 4.78 is 39.7. The molecule has 3 aromatic rings. The monoisotopic (exact) mass is 525 g/mol. The average Bonchev–Trinajstić information content (AvgIpc) is 3.36. The van der Waals surface area contributed by atoms with Crippen molar-refractivity contribution in [1.82, 2.24) is 0 Å². The van der Waals surface area contributed by atoms with Gasteiger partial charge in [-0.15, -0.1) is 23.2 Å². The number of ketones is 1. The van der Waals surface area contributed by atoms with Crippen LogP contribution in [0.2, 0.25) is 5.02 Å². The van der Waals surface area contributed by atoms with E-state index in [0.29, 0.717) is 11.1 Å². The van der Waals surface area contributed by atoms with Crippen LogP contribution >= 0.6 is 34.8 Å². The molecule has 0 heterocycles. The van der Waals surface area contributed by atoms with E-state index >= 15 is 0 Å². The lowest BCUT2D eigenvalue weighted by Crippen LogP contribution is -2.18. The van der Waals surface area contributed by atoms with Crippen molar-refractivity contribution in [2.45, 2.75) is 23.6 Å². The molecule has 9 heteroatoms. The molecule has 1 aliphatic carbocycles. The van der Waals surface area contributed by atoms with Crippen molar-refractivity contribution in [1.29, 1.82) is 0 Å². The molecule has 0 radical (unpaired) electrons. The molecule has 2 unspecified atom stereocenters. The number of hydrogen-bond acceptors (Lipinski definition) is 2. The minimum absolute atomic E-state index is 0.0578. The fourth-order valence-corrected chi connectivity index (χ4v) is 4.93. The van der Waals surface area contributed by atoms with Gasteiger partial charge in [0.05, 0.1) is 10.9 Å². The predicted octanol–water partition coefficient (Wildman–Crippen LogP) is 7.02. The normalized spacial score (nSPS) is 18.4. The molecule has 0 saturated heterocycles. The number of carbonyl (C=O) groups is 2. The summed E-state index contributed by atoms with van der Waals surface area (Å²) >= 11 is 18.5. The first-order chi connectivity index (χ1) is 16.0. The Labute approximate surface area is 208 Å². The Morgan fingerprint density at radius 3 is 2.29 bits per heavy atom. The number of Topliss-reactive ketones (excluding diaryl/α,β-unsaturated/α-hetero) is 1. The third-order valence-electron chi connectivity index (χ3n) is 5.83. The van der Waals surface area contributed by atoms with Gasteiger partial charge in [0.15, 0.2) is 5.78 Å². The Kier molecular flexibility index (Phi) is 6.69. The van der Waals surface area contributed by atoms with Crippen LogP contribution in [0.15, 0.2) is 54.6 Å². The van der Waals surface area contributed by atoms with E-state index in [9.17, 15) is 22.8 Å². The second-order valence-electron chi connectivity index (χ2n) is 8.15. The van der Waals surface area contributed by atoms with Crippen molar-refractivity contribution in [2.24, 2.45) is 5.92 Å². The molecule has 1 aliphatic rings. The molecule has 0 bridgehead atoms. The van der Waals surface area contributed by atoms with E-state index in [1.807, 2.05) is 0 Å². The molecule has 34 heavy (non-hydrogen) atoms. The molecule has 176 valence electrons. The highest BCUT2D eigenvalue weighted by Crippen LogP contribution is 2.65. The maximum atomic E-state index is 14.6. The van der Waals surface area contributed by atoms with E-state index < -0.39 is 45.3 Å². The smallest absolute Gasteiger partial charge is 0.231 e. The van der Waals surface area contributed by atoms with Crippen LogP contribution in [0.4, 0.5) is 18.9 Å². The van der Waals surface area contributed by atoms with Crippen molar-refractivity contribution in [3.63, 3.8) is 0 Å². The van der Waals surface area contributed by atoms with Gasteiger partial charge in [-0.2, -0.15) is 0 Å². The van der Waals surface area contributed by atoms with Gasteiger partial charge in [-0.05, 0) is 60.0 Å². The Morgan fingerprint density at radius 2 is 1.65 bits per heavy atom. The first-order valence-electron chi connectivity index (χ1n) is 10.2. The first-order valence-corrected chi connectivity index (χ1v) is 11.3. The number of carbonyl (C=O) groups excluding carboxylic acids is 2. The zero-order valence-electron chi connectivity index (χ0n) is 17.6. The summed E-state index contributed by atoms with van der Waals surface area (Å²) in [7, 11) is 0. The van der Waals surface area contributed by atoms with Gasteiger partial charge in [0.2, 0.25) is 5.91 Å². The summed E-state index contributed by atoms with van der Waals surface area (Å²) in [5.74, 6) is -4.26. The van der Waals surface area contributed by atoms with Crippen LogP contribution in [0.25, 0.3) is 0 Å². The number of alkyl halides is 2. The quantitative estimate of drug-likeness (QED) is 0.277.